The molecule has 0 spiro atoms. The molecule has 1 aromatic heterocycles. The van der Waals surface area contributed by atoms with Gasteiger partial charge in [0.05, 0.1) is 5.69 Å². The summed E-state index contributed by atoms with van der Waals surface area (Å²) in [7, 11) is 0. The monoisotopic (exact) mass is 458 g/mol. The van der Waals surface area contributed by atoms with Crippen LogP contribution in [0, 0.1) is 0 Å². The molecule has 0 radical (unpaired) electrons. The minimum atomic E-state index is 0.0104. The van der Waals surface area contributed by atoms with Crippen LogP contribution >= 0.6 is 23.1 Å². The van der Waals surface area contributed by atoms with Crippen LogP contribution in [0.25, 0.3) is 22.4 Å². The Labute approximate surface area is 197 Å². The number of amides is 1. The molecular weight excluding hydrogens is 432 g/mol. The smallest absolute Gasteiger partial charge is 0.226 e. The Bertz CT molecular complexity index is 1140. The van der Waals surface area contributed by atoms with Crippen molar-refractivity contribution in [3.8, 4) is 22.4 Å². The Morgan fingerprint density at radius 3 is 2.19 bits per heavy atom. The summed E-state index contributed by atoms with van der Waals surface area (Å²) in [5, 5.41) is 3.69. The summed E-state index contributed by atoms with van der Waals surface area (Å²) in [4.78, 5) is 19.6. The molecule has 0 atom stereocenters. The van der Waals surface area contributed by atoms with Crippen molar-refractivity contribution in [2.75, 3.05) is 11.1 Å². The number of aromatic nitrogens is 1. The fourth-order valence-electron chi connectivity index (χ4n) is 3.44. The number of rotatable bonds is 9. The van der Waals surface area contributed by atoms with E-state index in [4.69, 9.17) is 4.98 Å². The Balaban J connectivity index is 1.43. The highest BCUT2D eigenvalue weighted by Gasteiger charge is 2.15. The van der Waals surface area contributed by atoms with E-state index in [0.717, 1.165) is 29.9 Å². The summed E-state index contributed by atoms with van der Waals surface area (Å²) >= 11 is 3.28. The Morgan fingerprint density at radius 2 is 1.50 bits per heavy atom. The number of nitrogens with zero attached hydrogens (tertiary/aromatic N) is 1. The Morgan fingerprint density at radius 1 is 0.875 bits per heavy atom. The first-order chi connectivity index (χ1) is 15.7. The highest BCUT2D eigenvalue weighted by molar-refractivity contribution is 7.99. The van der Waals surface area contributed by atoms with Gasteiger partial charge in [0.15, 0.2) is 5.13 Å². The molecular formula is C27H26N2OS2. The fraction of sp³-hybridized carbons (Fsp3) is 0.185. The molecule has 3 nitrogen and oxygen atoms in total. The number of benzene rings is 3. The van der Waals surface area contributed by atoms with E-state index < -0.39 is 0 Å². The van der Waals surface area contributed by atoms with Gasteiger partial charge < -0.3 is 5.32 Å². The molecule has 3 aromatic carbocycles. The molecule has 1 heterocycles. The molecule has 32 heavy (non-hydrogen) atoms. The Hall–Kier alpha value is -2.89. The third kappa shape index (κ3) is 5.87. The van der Waals surface area contributed by atoms with Gasteiger partial charge in [-0.1, -0.05) is 86.1 Å². The van der Waals surface area contributed by atoms with Crippen molar-refractivity contribution in [3.63, 3.8) is 0 Å². The average Bonchev–Trinajstić information content (AvgIpc) is 3.22. The molecule has 0 saturated heterocycles. The lowest BCUT2D eigenvalue weighted by atomic mass is 10.0. The van der Waals surface area contributed by atoms with Crippen molar-refractivity contribution in [2.24, 2.45) is 0 Å². The van der Waals surface area contributed by atoms with Gasteiger partial charge in [0, 0.05) is 27.5 Å². The number of hydrogen-bond donors (Lipinski definition) is 1. The number of carbonyl (C=O) groups excluding carboxylic acids is 1. The van der Waals surface area contributed by atoms with Crippen molar-refractivity contribution >= 4 is 34.1 Å². The van der Waals surface area contributed by atoms with Crippen molar-refractivity contribution < 1.29 is 4.79 Å². The van der Waals surface area contributed by atoms with Gasteiger partial charge in [-0.25, -0.2) is 4.98 Å². The molecule has 5 heteroatoms. The quantitative estimate of drug-likeness (QED) is 0.263. The molecule has 0 saturated carbocycles. The van der Waals surface area contributed by atoms with Gasteiger partial charge >= 0.3 is 0 Å². The number of anilines is 1. The fourth-order valence-corrected chi connectivity index (χ4v) is 5.41. The number of nitrogens with one attached hydrogen (secondary N) is 1. The summed E-state index contributed by atoms with van der Waals surface area (Å²) in [6.07, 6.45) is 2.45. The molecule has 0 bridgehead atoms. The van der Waals surface area contributed by atoms with E-state index in [1.807, 2.05) is 24.3 Å². The van der Waals surface area contributed by atoms with Gasteiger partial charge in [-0.05, 0) is 29.7 Å². The number of thioether (sulfide) groups is 1. The van der Waals surface area contributed by atoms with Gasteiger partial charge in [0.2, 0.25) is 5.91 Å². The molecule has 0 fully saturated rings. The SMILES string of the molecule is CCCc1sc(NC(=O)CCSc2ccccc2)nc1-c1ccc(-c2ccccc2)cc1. The maximum absolute atomic E-state index is 12.5. The molecule has 0 aliphatic rings. The molecule has 0 unspecified atom stereocenters. The van der Waals surface area contributed by atoms with Crippen molar-refractivity contribution in [1.82, 2.24) is 4.98 Å². The third-order valence-corrected chi connectivity index (χ3v) is 7.07. The molecule has 162 valence electrons. The lowest BCUT2D eigenvalue weighted by Gasteiger charge is -2.05. The standard InChI is InChI=1S/C27H26N2OS2/c1-2-9-24-26(22-16-14-21(15-17-22)20-10-5-3-6-11-20)29-27(32-24)28-25(30)18-19-31-23-12-7-4-8-13-23/h3-8,10-17H,2,9,18-19H2,1H3,(H,28,29,30). The molecule has 4 rings (SSSR count). The van der Waals surface area contributed by atoms with Crippen LogP contribution in [0.15, 0.2) is 89.8 Å². The predicted octanol–water partition coefficient (Wildman–Crippen LogP) is 7.55. The van der Waals surface area contributed by atoms with Crippen LogP contribution in [0.3, 0.4) is 0 Å². The van der Waals surface area contributed by atoms with Gasteiger partial charge in [-0.3, -0.25) is 4.79 Å². The van der Waals surface area contributed by atoms with Crippen molar-refractivity contribution in [3.05, 3.63) is 89.8 Å². The van der Waals surface area contributed by atoms with Crippen LogP contribution in [0.4, 0.5) is 5.13 Å². The van der Waals surface area contributed by atoms with Crippen LogP contribution in [0.5, 0.6) is 0 Å². The largest absolute Gasteiger partial charge is 0.302 e. The van der Waals surface area contributed by atoms with Crippen LogP contribution < -0.4 is 5.32 Å². The maximum atomic E-state index is 12.5. The third-order valence-electron chi connectivity index (χ3n) is 5.03. The first-order valence-corrected chi connectivity index (χ1v) is 12.7. The van der Waals surface area contributed by atoms with Gasteiger partial charge in [-0.2, -0.15) is 0 Å². The lowest BCUT2D eigenvalue weighted by molar-refractivity contribution is -0.115. The van der Waals surface area contributed by atoms with E-state index in [1.54, 1.807) is 23.1 Å². The maximum Gasteiger partial charge on any atom is 0.226 e. The van der Waals surface area contributed by atoms with Crippen LogP contribution in [0.1, 0.15) is 24.6 Å². The first kappa shape index (κ1) is 22.3. The number of hydrogen-bond acceptors (Lipinski definition) is 4. The summed E-state index contributed by atoms with van der Waals surface area (Å²) in [6.45, 7) is 2.17. The summed E-state index contributed by atoms with van der Waals surface area (Å²) in [6, 6.07) is 29.0. The molecule has 0 aliphatic heterocycles. The molecule has 1 amide bonds. The second-order valence-corrected chi connectivity index (χ2v) is 9.70. The number of carbonyl (C=O) groups is 1. The number of aryl methyl sites for hydroxylation is 1. The predicted molar refractivity (Wildman–Crippen MR) is 137 cm³/mol. The second kappa shape index (κ2) is 11.1. The van der Waals surface area contributed by atoms with E-state index in [9.17, 15) is 4.79 Å². The zero-order chi connectivity index (χ0) is 22.2. The van der Waals surface area contributed by atoms with Crippen molar-refractivity contribution in [1.29, 1.82) is 0 Å². The minimum absolute atomic E-state index is 0.0104. The second-order valence-electron chi connectivity index (χ2n) is 7.44. The zero-order valence-electron chi connectivity index (χ0n) is 18.1. The molecule has 4 aromatic rings. The van der Waals surface area contributed by atoms with Crippen molar-refractivity contribution in [2.45, 2.75) is 31.1 Å². The normalized spacial score (nSPS) is 10.8. The van der Waals surface area contributed by atoms with E-state index in [-0.39, 0.29) is 5.91 Å². The van der Waals surface area contributed by atoms with Gasteiger partial charge in [-0.15, -0.1) is 23.1 Å². The average molecular weight is 459 g/mol. The highest BCUT2D eigenvalue weighted by Crippen LogP contribution is 2.33. The molecule has 1 N–H and O–H groups in total. The van der Waals surface area contributed by atoms with Crippen LogP contribution in [-0.4, -0.2) is 16.6 Å². The van der Waals surface area contributed by atoms with E-state index in [0.29, 0.717) is 11.6 Å². The number of thiazole rings is 1. The zero-order valence-corrected chi connectivity index (χ0v) is 19.7. The van der Waals surface area contributed by atoms with Gasteiger partial charge in [0.25, 0.3) is 0 Å². The Kier molecular flexibility index (Phi) is 7.75. The topological polar surface area (TPSA) is 42.0 Å². The lowest BCUT2D eigenvalue weighted by Crippen LogP contribution is -2.11. The summed E-state index contributed by atoms with van der Waals surface area (Å²) in [5.74, 6) is 0.757. The van der Waals surface area contributed by atoms with E-state index >= 15 is 0 Å². The molecule has 0 aliphatic carbocycles. The first-order valence-electron chi connectivity index (χ1n) is 10.9. The summed E-state index contributed by atoms with van der Waals surface area (Å²) < 4.78 is 0. The van der Waals surface area contributed by atoms with Crippen LogP contribution in [0.2, 0.25) is 0 Å². The minimum Gasteiger partial charge on any atom is -0.302 e. The van der Waals surface area contributed by atoms with Crippen LogP contribution in [-0.2, 0) is 11.2 Å². The van der Waals surface area contributed by atoms with E-state index in [1.165, 1.54) is 20.9 Å². The van der Waals surface area contributed by atoms with Gasteiger partial charge in [0.1, 0.15) is 0 Å². The summed E-state index contributed by atoms with van der Waals surface area (Å²) in [5.41, 5.74) is 4.45. The van der Waals surface area contributed by atoms with E-state index in [2.05, 4.69) is 72.9 Å². The highest BCUT2D eigenvalue weighted by atomic mass is 32.2.